The molecular weight excluding hydrogens is 356 g/mol. The molecule has 0 unspecified atom stereocenters. The Balaban J connectivity index is 1.45. The van der Waals surface area contributed by atoms with Crippen molar-refractivity contribution in [2.75, 3.05) is 13.2 Å². The van der Waals surface area contributed by atoms with Crippen molar-refractivity contribution >= 4 is 17.8 Å². The van der Waals surface area contributed by atoms with Crippen molar-refractivity contribution in [3.8, 4) is 0 Å². The largest absolute Gasteiger partial charge is 0.452 e. The van der Waals surface area contributed by atoms with E-state index in [4.69, 9.17) is 4.74 Å². The molecule has 1 aromatic carbocycles. The van der Waals surface area contributed by atoms with Gasteiger partial charge in [-0.1, -0.05) is 38.8 Å². The molecule has 0 bridgehead atoms. The van der Waals surface area contributed by atoms with Gasteiger partial charge in [-0.2, -0.15) is 0 Å². The summed E-state index contributed by atoms with van der Waals surface area (Å²) in [6.45, 7) is 5.47. The van der Waals surface area contributed by atoms with Crippen LogP contribution in [0, 0.1) is 11.8 Å². The molecule has 1 saturated heterocycles. The van der Waals surface area contributed by atoms with Gasteiger partial charge in [-0.3, -0.25) is 9.59 Å². The number of rotatable bonds is 6. The highest BCUT2D eigenvalue weighted by Crippen LogP contribution is 2.29. The lowest BCUT2D eigenvalue weighted by Crippen LogP contribution is -2.45. The summed E-state index contributed by atoms with van der Waals surface area (Å²) in [6.07, 6.45) is 4.82. The molecule has 6 heteroatoms. The SMILES string of the molecule is C[C@@H]1[C@H](C)CCC[C@H]1NC(=O)COC(=O)c1ccc(CN2CCCC2=O)cc1. The Morgan fingerprint density at radius 3 is 2.57 bits per heavy atom. The molecule has 1 aliphatic carbocycles. The molecule has 1 aliphatic heterocycles. The van der Waals surface area contributed by atoms with Crippen LogP contribution in [0.1, 0.15) is 61.9 Å². The number of hydrogen-bond donors (Lipinski definition) is 1. The topological polar surface area (TPSA) is 75.7 Å². The summed E-state index contributed by atoms with van der Waals surface area (Å²) in [4.78, 5) is 37.9. The van der Waals surface area contributed by atoms with Gasteiger partial charge in [0.25, 0.3) is 5.91 Å². The Morgan fingerprint density at radius 1 is 1.14 bits per heavy atom. The Morgan fingerprint density at radius 2 is 1.89 bits per heavy atom. The molecular formula is C22H30N2O4. The van der Waals surface area contributed by atoms with E-state index in [1.165, 1.54) is 6.42 Å². The highest BCUT2D eigenvalue weighted by atomic mass is 16.5. The van der Waals surface area contributed by atoms with Gasteiger partial charge in [0.05, 0.1) is 5.56 Å². The van der Waals surface area contributed by atoms with Crippen LogP contribution >= 0.6 is 0 Å². The molecule has 0 spiro atoms. The fraction of sp³-hybridized carbons (Fsp3) is 0.591. The number of nitrogens with zero attached hydrogens (tertiary/aromatic N) is 1. The van der Waals surface area contributed by atoms with Crippen molar-refractivity contribution < 1.29 is 19.1 Å². The van der Waals surface area contributed by atoms with E-state index in [-0.39, 0.29) is 24.5 Å². The van der Waals surface area contributed by atoms with E-state index >= 15 is 0 Å². The molecule has 2 fully saturated rings. The zero-order chi connectivity index (χ0) is 20.1. The van der Waals surface area contributed by atoms with E-state index in [0.29, 0.717) is 30.4 Å². The normalized spacial score (nSPS) is 24.9. The van der Waals surface area contributed by atoms with Crippen molar-refractivity contribution in [3.05, 3.63) is 35.4 Å². The number of nitrogens with one attached hydrogen (secondary N) is 1. The second-order valence-corrected chi connectivity index (χ2v) is 8.13. The maximum Gasteiger partial charge on any atom is 0.338 e. The Kier molecular flexibility index (Phi) is 6.70. The summed E-state index contributed by atoms with van der Waals surface area (Å²) in [6, 6.07) is 7.17. The lowest BCUT2D eigenvalue weighted by atomic mass is 9.78. The summed E-state index contributed by atoms with van der Waals surface area (Å²) in [5.41, 5.74) is 1.38. The van der Waals surface area contributed by atoms with E-state index in [1.807, 2.05) is 17.0 Å². The molecule has 1 saturated carbocycles. The first-order valence-corrected chi connectivity index (χ1v) is 10.3. The van der Waals surface area contributed by atoms with Gasteiger partial charge in [0.2, 0.25) is 5.91 Å². The first-order chi connectivity index (χ1) is 13.4. The highest BCUT2D eigenvalue weighted by molar-refractivity contribution is 5.91. The molecule has 2 aliphatic rings. The summed E-state index contributed by atoms with van der Waals surface area (Å²) >= 11 is 0. The standard InChI is InChI=1S/C22H30N2O4/c1-15-5-3-6-19(16(15)2)23-20(25)14-28-22(27)18-10-8-17(9-11-18)13-24-12-4-7-21(24)26/h8-11,15-16,19H,3-7,12-14H2,1-2H3,(H,23,25)/t15-,16-,19-/m1/s1. The monoisotopic (exact) mass is 386 g/mol. The van der Waals surface area contributed by atoms with Gasteiger partial charge in [-0.05, 0) is 42.4 Å². The van der Waals surface area contributed by atoms with Crippen LogP contribution in [0.5, 0.6) is 0 Å². The van der Waals surface area contributed by atoms with E-state index in [2.05, 4.69) is 19.2 Å². The minimum Gasteiger partial charge on any atom is -0.452 e. The molecule has 3 rings (SSSR count). The van der Waals surface area contributed by atoms with Crippen molar-refractivity contribution in [2.45, 2.75) is 58.5 Å². The fourth-order valence-electron chi connectivity index (χ4n) is 4.09. The summed E-state index contributed by atoms with van der Waals surface area (Å²) < 4.78 is 5.17. The predicted octanol–water partition coefficient (Wildman–Crippen LogP) is 2.91. The molecule has 3 atom stereocenters. The molecule has 6 nitrogen and oxygen atoms in total. The van der Waals surface area contributed by atoms with Crippen molar-refractivity contribution in [3.63, 3.8) is 0 Å². The van der Waals surface area contributed by atoms with Crippen LogP contribution in [0.3, 0.4) is 0 Å². The van der Waals surface area contributed by atoms with Gasteiger partial charge >= 0.3 is 5.97 Å². The van der Waals surface area contributed by atoms with Crippen LogP contribution in [0.2, 0.25) is 0 Å². The van der Waals surface area contributed by atoms with Gasteiger partial charge < -0.3 is 15.0 Å². The highest BCUT2D eigenvalue weighted by Gasteiger charge is 2.28. The van der Waals surface area contributed by atoms with Crippen LogP contribution in [-0.2, 0) is 20.9 Å². The Labute approximate surface area is 166 Å². The third-order valence-electron chi connectivity index (χ3n) is 6.12. The van der Waals surface area contributed by atoms with Crippen LogP contribution in [0.4, 0.5) is 0 Å². The lowest BCUT2D eigenvalue weighted by molar-refractivity contribution is -0.128. The molecule has 1 aromatic rings. The molecule has 28 heavy (non-hydrogen) atoms. The van der Waals surface area contributed by atoms with Gasteiger partial charge in [0.1, 0.15) is 0 Å². The molecule has 152 valence electrons. The third kappa shape index (κ3) is 5.12. The summed E-state index contributed by atoms with van der Waals surface area (Å²) in [7, 11) is 0. The maximum absolute atomic E-state index is 12.2. The minimum absolute atomic E-state index is 0.155. The number of amides is 2. The quantitative estimate of drug-likeness (QED) is 0.763. The Hall–Kier alpha value is -2.37. The van der Waals surface area contributed by atoms with Gasteiger partial charge in [-0.15, -0.1) is 0 Å². The van der Waals surface area contributed by atoms with Crippen molar-refractivity contribution in [1.29, 1.82) is 0 Å². The third-order valence-corrected chi connectivity index (χ3v) is 6.12. The number of ether oxygens (including phenoxy) is 1. The van der Waals surface area contributed by atoms with Gasteiger partial charge in [0.15, 0.2) is 6.61 Å². The molecule has 1 N–H and O–H groups in total. The van der Waals surface area contributed by atoms with E-state index in [1.54, 1.807) is 12.1 Å². The van der Waals surface area contributed by atoms with Crippen LogP contribution in [0.25, 0.3) is 0 Å². The van der Waals surface area contributed by atoms with E-state index in [0.717, 1.165) is 31.4 Å². The van der Waals surface area contributed by atoms with Crippen LogP contribution < -0.4 is 5.32 Å². The lowest BCUT2D eigenvalue weighted by Gasteiger charge is -2.34. The van der Waals surface area contributed by atoms with Gasteiger partial charge in [0, 0.05) is 25.6 Å². The molecule has 0 radical (unpaired) electrons. The van der Waals surface area contributed by atoms with Crippen molar-refractivity contribution in [1.82, 2.24) is 10.2 Å². The first kappa shape index (κ1) is 20.4. The fourth-order valence-corrected chi connectivity index (χ4v) is 4.09. The van der Waals surface area contributed by atoms with E-state index in [9.17, 15) is 14.4 Å². The summed E-state index contributed by atoms with van der Waals surface area (Å²) in [5, 5.41) is 3.01. The second-order valence-electron chi connectivity index (χ2n) is 8.13. The second kappa shape index (κ2) is 9.22. The molecule has 1 heterocycles. The smallest absolute Gasteiger partial charge is 0.338 e. The predicted molar refractivity (Wildman–Crippen MR) is 105 cm³/mol. The number of carbonyl (C=O) groups is 3. The van der Waals surface area contributed by atoms with E-state index < -0.39 is 5.97 Å². The van der Waals surface area contributed by atoms with Crippen LogP contribution in [-0.4, -0.2) is 41.9 Å². The average molecular weight is 386 g/mol. The Bertz CT molecular complexity index is 716. The van der Waals surface area contributed by atoms with Crippen molar-refractivity contribution in [2.24, 2.45) is 11.8 Å². The number of benzene rings is 1. The molecule has 2 amide bonds. The maximum atomic E-state index is 12.2. The van der Waals surface area contributed by atoms with Gasteiger partial charge in [-0.25, -0.2) is 4.79 Å². The number of carbonyl (C=O) groups excluding carboxylic acids is 3. The molecule has 0 aromatic heterocycles. The first-order valence-electron chi connectivity index (χ1n) is 10.3. The zero-order valence-corrected chi connectivity index (χ0v) is 16.8. The number of likely N-dealkylation sites (tertiary alicyclic amines) is 1. The van der Waals surface area contributed by atoms with Crippen LogP contribution in [0.15, 0.2) is 24.3 Å². The average Bonchev–Trinajstić information content (AvgIpc) is 3.09. The minimum atomic E-state index is -0.510. The summed E-state index contributed by atoms with van der Waals surface area (Å²) in [5.74, 6) is 0.447. The number of hydrogen-bond acceptors (Lipinski definition) is 4. The number of esters is 1. The zero-order valence-electron chi connectivity index (χ0n) is 16.8.